The zero-order chi connectivity index (χ0) is 17.8. The van der Waals surface area contributed by atoms with Crippen molar-refractivity contribution in [3.05, 3.63) is 63.1 Å². The number of hydrogen-bond donors (Lipinski definition) is 0. The Hall–Kier alpha value is -1.56. The molecule has 0 atom stereocenters. The van der Waals surface area contributed by atoms with Gasteiger partial charge in [-0.25, -0.2) is 0 Å². The number of methoxy groups -OCH3 is 1. The van der Waals surface area contributed by atoms with Gasteiger partial charge in [-0.15, -0.1) is 0 Å². The first-order valence-corrected chi connectivity index (χ1v) is 9.33. The third kappa shape index (κ3) is 4.54. The Labute approximate surface area is 161 Å². The smallest absolute Gasteiger partial charge is 0.255 e. The van der Waals surface area contributed by atoms with Crippen LogP contribution in [-0.4, -0.2) is 49.0 Å². The van der Waals surface area contributed by atoms with Gasteiger partial charge in [0, 0.05) is 42.2 Å². The number of hydrogen-bond acceptors (Lipinski definition) is 3. The van der Waals surface area contributed by atoms with Gasteiger partial charge >= 0.3 is 0 Å². The highest BCUT2D eigenvalue weighted by molar-refractivity contribution is 9.10. The summed E-state index contributed by atoms with van der Waals surface area (Å²) in [6, 6.07) is 13.4. The summed E-state index contributed by atoms with van der Waals surface area (Å²) < 4.78 is 6.02. The molecule has 0 spiro atoms. The summed E-state index contributed by atoms with van der Waals surface area (Å²) in [6.45, 7) is 3.97. The lowest BCUT2D eigenvalue weighted by Crippen LogP contribution is -2.48. The van der Waals surface area contributed by atoms with E-state index in [2.05, 4.69) is 26.9 Å². The minimum absolute atomic E-state index is 0.0354. The Morgan fingerprint density at radius 2 is 1.92 bits per heavy atom. The van der Waals surface area contributed by atoms with Gasteiger partial charge in [-0.05, 0) is 51.8 Å². The second-order valence-corrected chi connectivity index (χ2v) is 7.33. The molecule has 1 saturated heterocycles. The molecule has 1 aliphatic heterocycles. The van der Waals surface area contributed by atoms with Crippen LogP contribution < -0.4 is 4.74 Å². The van der Waals surface area contributed by atoms with E-state index < -0.39 is 0 Å². The van der Waals surface area contributed by atoms with E-state index in [0.717, 1.165) is 29.1 Å². The minimum atomic E-state index is 0.0354. The predicted molar refractivity (Wildman–Crippen MR) is 103 cm³/mol. The maximum absolute atomic E-state index is 12.8. The van der Waals surface area contributed by atoms with Gasteiger partial charge in [0.05, 0.1) is 12.7 Å². The van der Waals surface area contributed by atoms with E-state index in [1.165, 1.54) is 5.56 Å². The quantitative estimate of drug-likeness (QED) is 0.743. The number of amides is 1. The average molecular weight is 424 g/mol. The molecule has 0 N–H and O–H groups in total. The van der Waals surface area contributed by atoms with Crippen molar-refractivity contribution in [2.45, 2.75) is 6.54 Å². The van der Waals surface area contributed by atoms with E-state index in [4.69, 9.17) is 16.3 Å². The van der Waals surface area contributed by atoms with Crippen molar-refractivity contribution in [2.75, 3.05) is 33.3 Å². The van der Waals surface area contributed by atoms with Crippen molar-refractivity contribution < 1.29 is 9.53 Å². The number of nitrogens with zero attached hydrogens (tertiary/aromatic N) is 2. The van der Waals surface area contributed by atoms with Gasteiger partial charge in [-0.1, -0.05) is 23.7 Å². The fourth-order valence-corrected chi connectivity index (χ4v) is 3.60. The van der Waals surface area contributed by atoms with Crippen LogP contribution in [0.25, 0.3) is 0 Å². The lowest BCUT2D eigenvalue weighted by atomic mass is 10.1. The zero-order valence-corrected chi connectivity index (χ0v) is 16.4. The molecular formula is C19H20BrClN2O2. The molecule has 0 aliphatic carbocycles. The van der Waals surface area contributed by atoms with Gasteiger partial charge in [-0.2, -0.15) is 0 Å². The van der Waals surface area contributed by atoms with E-state index >= 15 is 0 Å². The van der Waals surface area contributed by atoms with Crippen molar-refractivity contribution in [2.24, 2.45) is 0 Å². The third-order valence-corrected chi connectivity index (χ3v) is 5.29. The summed E-state index contributed by atoms with van der Waals surface area (Å²) in [5, 5.41) is 0.759. The number of rotatable bonds is 4. The molecule has 0 bridgehead atoms. The van der Waals surface area contributed by atoms with Crippen LogP contribution in [0, 0.1) is 0 Å². The van der Waals surface area contributed by atoms with Crippen LogP contribution in [0.15, 0.2) is 46.9 Å². The Balaban J connectivity index is 1.61. The Morgan fingerprint density at radius 1 is 1.16 bits per heavy atom. The van der Waals surface area contributed by atoms with Crippen LogP contribution in [0.5, 0.6) is 5.75 Å². The number of carbonyl (C=O) groups is 1. The van der Waals surface area contributed by atoms with Crippen LogP contribution >= 0.6 is 27.5 Å². The molecule has 2 aromatic rings. The molecule has 1 heterocycles. The monoisotopic (exact) mass is 422 g/mol. The molecule has 0 aromatic heterocycles. The molecule has 25 heavy (non-hydrogen) atoms. The van der Waals surface area contributed by atoms with Crippen LogP contribution in [0.1, 0.15) is 15.9 Å². The first-order chi connectivity index (χ1) is 12.1. The zero-order valence-electron chi connectivity index (χ0n) is 14.0. The second-order valence-electron chi connectivity index (χ2n) is 6.04. The molecule has 3 rings (SSSR count). The summed E-state index contributed by atoms with van der Waals surface area (Å²) in [5.74, 6) is 0.722. The van der Waals surface area contributed by atoms with Crippen LogP contribution in [0.2, 0.25) is 5.02 Å². The minimum Gasteiger partial charge on any atom is -0.497 e. The van der Waals surface area contributed by atoms with Gasteiger partial charge in [0.1, 0.15) is 5.75 Å². The summed E-state index contributed by atoms with van der Waals surface area (Å²) >= 11 is 9.51. The summed E-state index contributed by atoms with van der Waals surface area (Å²) in [6.07, 6.45) is 0. The number of halogens is 2. The fourth-order valence-electron chi connectivity index (χ4n) is 2.97. The van der Waals surface area contributed by atoms with E-state index in [9.17, 15) is 4.79 Å². The summed E-state index contributed by atoms with van der Waals surface area (Å²) in [7, 11) is 1.60. The highest BCUT2D eigenvalue weighted by Crippen LogP contribution is 2.24. The maximum Gasteiger partial charge on any atom is 0.255 e. The first kappa shape index (κ1) is 18.2. The Morgan fingerprint density at radius 3 is 2.60 bits per heavy atom. The van der Waals surface area contributed by atoms with Gasteiger partial charge in [0.2, 0.25) is 0 Å². The van der Waals surface area contributed by atoms with Crippen molar-refractivity contribution in [3.8, 4) is 5.75 Å². The number of carbonyl (C=O) groups excluding carboxylic acids is 1. The molecule has 1 fully saturated rings. The Bertz CT molecular complexity index is 761. The van der Waals surface area contributed by atoms with E-state index in [0.29, 0.717) is 24.4 Å². The van der Waals surface area contributed by atoms with E-state index in [1.807, 2.05) is 35.2 Å². The van der Waals surface area contributed by atoms with E-state index in [-0.39, 0.29) is 5.91 Å². The van der Waals surface area contributed by atoms with Gasteiger partial charge in [0.15, 0.2) is 0 Å². The lowest BCUT2D eigenvalue weighted by molar-refractivity contribution is 0.0627. The van der Waals surface area contributed by atoms with Gasteiger partial charge in [-0.3, -0.25) is 9.69 Å². The summed E-state index contributed by atoms with van der Waals surface area (Å²) in [4.78, 5) is 17.0. The van der Waals surface area contributed by atoms with Gasteiger partial charge < -0.3 is 9.64 Å². The normalized spacial score (nSPS) is 15.2. The average Bonchev–Trinajstić information content (AvgIpc) is 2.62. The van der Waals surface area contributed by atoms with Crippen molar-refractivity contribution >= 4 is 33.4 Å². The van der Waals surface area contributed by atoms with Crippen molar-refractivity contribution in [1.29, 1.82) is 0 Å². The first-order valence-electron chi connectivity index (χ1n) is 8.16. The predicted octanol–water partition coefficient (Wildman–Crippen LogP) is 4.07. The molecule has 132 valence electrons. The van der Waals surface area contributed by atoms with Crippen molar-refractivity contribution in [1.82, 2.24) is 9.80 Å². The molecule has 6 heteroatoms. The molecule has 0 saturated carbocycles. The fraction of sp³-hybridized carbons (Fsp3) is 0.316. The molecular weight excluding hydrogens is 404 g/mol. The Kier molecular flexibility index (Phi) is 5.99. The molecule has 4 nitrogen and oxygen atoms in total. The second kappa shape index (κ2) is 8.21. The molecule has 2 aromatic carbocycles. The molecule has 0 radical (unpaired) electrons. The van der Waals surface area contributed by atoms with Gasteiger partial charge in [0.25, 0.3) is 5.91 Å². The molecule has 0 unspecified atom stereocenters. The third-order valence-electron chi connectivity index (χ3n) is 4.36. The molecule has 1 amide bonds. The lowest BCUT2D eigenvalue weighted by Gasteiger charge is -2.35. The largest absolute Gasteiger partial charge is 0.497 e. The van der Waals surface area contributed by atoms with Crippen LogP contribution in [0.4, 0.5) is 0 Å². The maximum atomic E-state index is 12.8. The van der Waals surface area contributed by atoms with Crippen molar-refractivity contribution in [3.63, 3.8) is 0 Å². The van der Waals surface area contributed by atoms with Crippen LogP contribution in [-0.2, 0) is 6.54 Å². The topological polar surface area (TPSA) is 32.8 Å². The number of piperazine rings is 1. The van der Waals surface area contributed by atoms with Crippen LogP contribution in [0.3, 0.4) is 0 Å². The number of ether oxygens (including phenoxy) is 1. The standard InChI is InChI=1S/C19H20BrClN2O2/c1-25-16-5-6-18(20)17(12-16)19(24)23-9-7-22(8-10-23)13-14-3-2-4-15(21)11-14/h2-6,11-12H,7-10,13H2,1H3. The van der Waals surface area contributed by atoms with E-state index in [1.54, 1.807) is 13.2 Å². The highest BCUT2D eigenvalue weighted by Gasteiger charge is 2.24. The summed E-state index contributed by atoms with van der Waals surface area (Å²) in [5.41, 5.74) is 1.84. The number of benzene rings is 2. The SMILES string of the molecule is COc1ccc(Br)c(C(=O)N2CCN(Cc3cccc(Cl)c3)CC2)c1. The highest BCUT2D eigenvalue weighted by atomic mass is 79.9. The molecule has 1 aliphatic rings.